The van der Waals surface area contributed by atoms with Gasteiger partial charge in [0.25, 0.3) is 0 Å². The van der Waals surface area contributed by atoms with Crippen LogP contribution in [0.15, 0.2) is 24.3 Å². The fourth-order valence-electron chi connectivity index (χ4n) is 1.63. The Morgan fingerprint density at radius 1 is 1.11 bits per heavy atom. The topological polar surface area (TPSA) is 70.2 Å². The van der Waals surface area contributed by atoms with Crippen LogP contribution >= 0.6 is 0 Å². The molecule has 5 nitrogen and oxygen atoms in total. The van der Waals surface area contributed by atoms with Gasteiger partial charge < -0.3 is 16.0 Å². The van der Waals surface area contributed by atoms with E-state index in [0.717, 1.165) is 17.7 Å². The molecule has 0 aliphatic rings. The summed E-state index contributed by atoms with van der Waals surface area (Å²) in [5.41, 5.74) is 1.91. The zero-order valence-corrected chi connectivity index (χ0v) is 11.5. The number of rotatable bonds is 7. The van der Waals surface area contributed by atoms with Gasteiger partial charge in [-0.05, 0) is 31.2 Å². The first kappa shape index (κ1) is 15.2. The minimum atomic E-state index is -0.0791. The minimum Gasteiger partial charge on any atom is -0.356 e. The second-order valence-electron chi connectivity index (χ2n) is 4.33. The van der Waals surface area contributed by atoms with Crippen LogP contribution in [0.25, 0.3) is 0 Å². The van der Waals surface area contributed by atoms with Gasteiger partial charge in [0.15, 0.2) is 0 Å². The van der Waals surface area contributed by atoms with Crippen LogP contribution in [0.2, 0.25) is 0 Å². The summed E-state index contributed by atoms with van der Waals surface area (Å²) >= 11 is 0. The maximum Gasteiger partial charge on any atom is 0.221 e. The number of anilines is 1. The third kappa shape index (κ3) is 6.57. The van der Waals surface area contributed by atoms with Crippen molar-refractivity contribution in [1.29, 1.82) is 0 Å². The smallest absolute Gasteiger partial charge is 0.221 e. The molecule has 2 amide bonds. The lowest BCUT2D eigenvalue weighted by atomic mass is 10.1. The number of carbonyl (C=O) groups excluding carboxylic acids is 2. The Balaban J connectivity index is 2.30. The molecule has 0 fully saturated rings. The van der Waals surface area contributed by atoms with Gasteiger partial charge in [-0.2, -0.15) is 0 Å². The molecule has 0 radical (unpaired) electrons. The summed E-state index contributed by atoms with van der Waals surface area (Å²) in [6, 6.07) is 7.62. The van der Waals surface area contributed by atoms with Crippen LogP contribution in [0.4, 0.5) is 5.69 Å². The van der Waals surface area contributed by atoms with Gasteiger partial charge in [-0.25, -0.2) is 0 Å². The van der Waals surface area contributed by atoms with Gasteiger partial charge in [0, 0.05) is 32.1 Å². The van der Waals surface area contributed by atoms with Gasteiger partial charge in [-0.1, -0.05) is 12.1 Å². The monoisotopic (exact) mass is 263 g/mol. The van der Waals surface area contributed by atoms with Gasteiger partial charge in [-0.15, -0.1) is 0 Å². The van der Waals surface area contributed by atoms with Crippen molar-refractivity contribution in [3.63, 3.8) is 0 Å². The summed E-state index contributed by atoms with van der Waals surface area (Å²) in [7, 11) is 1.82. The highest BCUT2D eigenvalue weighted by Gasteiger charge is 2.00. The Kier molecular flexibility index (Phi) is 6.60. The molecule has 3 N–H and O–H groups in total. The fraction of sp³-hybridized carbons (Fsp3) is 0.429. The van der Waals surface area contributed by atoms with Gasteiger partial charge in [0.05, 0.1) is 0 Å². The molecule has 0 saturated carbocycles. The quantitative estimate of drug-likeness (QED) is 0.685. The Hall–Kier alpha value is -1.88. The second kappa shape index (κ2) is 8.26. The van der Waals surface area contributed by atoms with Gasteiger partial charge in [0.2, 0.25) is 11.8 Å². The average Bonchev–Trinajstić information content (AvgIpc) is 2.38. The van der Waals surface area contributed by atoms with Crippen LogP contribution in [0.3, 0.4) is 0 Å². The van der Waals surface area contributed by atoms with E-state index in [4.69, 9.17) is 0 Å². The van der Waals surface area contributed by atoms with E-state index >= 15 is 0 Å². The maximum atomic E-state index is 11.4. The predicted molar refractivity (Wildman–Crippen MR) is 76.0 cm³/mol. The molecule has 0 aliphatic heterocycles. The number of benzene rings is 1. The van der Waals surface area contributed by atoms with Crippen molar-refractivity contribution in [2.24, 2.45) is 0 Å². The van der Waals surface area contributed by atoms with Crippen LogP contribution in [0, 0.1) is 0 Å². The normalized spacial score (nSPS) is 10.0. The highest BCUT2D eigenvalue weighted by atomic mass is 16.2. The lowest BCUT2D eigenvalue weighted by Gasteiger charge is -2.06. The summed E-state index contributed by atoms with van der Waals surface area (Å²) in [6.07, 6.45) is 1.28. The van der Waals surface area contributed by atoms with Crippen LogP contribution in [0.5, 0.6) is 0 Å². The first-order valence-electron chi connectivity index (χ1n) is 6.39. The third-order valence-corrected chi connectivity index (χ3v) is 2.61. The van der Waals surface area contributed by atoms with Crippen LogP contribution in [-0.4, -0.2) is 32.0 Å². The zero-order chi connectivity index (χ0) is 14.1. The van der Waals surface area contributed by atoms with E-state index in [9.17, 15) is 9.59 Å². The molecule has 0 spiro atoms. The Labute approximate surface area is 113 Å². The molecule has 0 aromatic heterocycles. The molecule has 104 valence electrons. The minimum absolute atomic E-state index is 0.0595. The molecule has 5 heteroatoms. The van der Waals surface area contributed by atoms with Crippen molar-refractivity contribution in [2.75, 3.05) is 25.5 Å². The van der Waals surface area contributed by atoms with Gasteiger partial charge in [-0.3, -0.25) is 9.59 Å². The third-order valence-electron chi connectivity index (χ3n) is 2.61. The molecule has 0 bridgehead atoms. The molecule has 1 aromatic carbocycles. The van der Waals surface area contributed by atoms with E-state index in [0.29, 0.717) is 19.5 Å². The van der Waals surface area contributed by atoms with Crippen molar-refractivity contribution >= 4 is 17.5 Å². The van der Waals surface area contributed by atoms with E-state index < -0.39 is 0 Å². The zero-order valence-electron chi connectivity index (χ0n) is 11.5. The lowest BCUT2D eigenvalue weighted by Crippen LogP contribution is -2.28. The number of nitrogens with one attached hydrogen (secondary N) is 3. The summed E-state index contributed by atoms with van der Waals surface area (Å²) in [5, 5.41) is 8.51. The summed E-state index contributed by atoms with van der Waals surface area (Å²) in [4.78, 5) is 22.2. The molecule has 0 atom stereocenters. The Morgan fingerprint density at radius 3 is 2.37 bits per heavy atom. The summed E-state index contributed by atoms with van der Waals surface area (Å²) in [5.74, 6) is -0.0197. The highest BCUT2D eigenvalue weighted by Crippen LogP contribution is 2.09. The summed E-state index contributed by atoms with van der Waals surface area (Å²) < 4.78 is 0. The molecule has 0 unspecified atom stereocenters. The maximum absolute atomic E-state index is 11.4. The molecule has 0 heterocycles. The molecule has 0 saturated heterocycles. The van der Waals surface area contributed by atoms with Crippen LogP contribution < -0.4 is 16.0 Å². The molecule has 19 heavy (non-hydrogen) atoms. The molecule has 0 aliphatic carbocycles. The molecule has 1 rings (SSSR count). The average molecular weight is 263 g/mol. The fourth-order valence-corrected chi connectivity index (χ4v) is 1.63. The molecular weight excluding hydrogens is 242 g/mol. The van der Waals surface area contributed by atoms with Crippen molar-refractivity contribution in [3.05, 3.63) is 29.8 Å². The number of carbonyl (C=O) groups is 2. The van der Waals surface area contributed by atoms with Crippen molar-refractivity contribution < 1.29 is 9.59 Å². The highest BCUT2D eigenvalue weighted by molar-refractivity contribution is 5.88. The number of hydrogen-bond acceptors (Lipinski definition) is 3. The van der Waals surface area contributed by atoms with Crippen molar-refractivity contribution in [3.8, 4) is 0 Å². The SMILES string of the molecule is CNCCC(=O)NCCc1ccc(NC(C)=O)cc1. The van der Waals surface area contributed by atoms with E-state index in [-0.39, 0.29) is 11.8 Å². The van der Waals surface area contributed by atoms with E-state index in [1.165, 1.54) is 6.92 Å². The number of hydrogen-bond donors (Lipinski definition) is 3. The molecule has 1 aromatic rings. The van der Waals surface area contributed by atoms with E-state index in [2.05, 4.69) is 16.0 Å². The Morgan fingerprint density at radius 2 is 1.79 bits per heavy atom. The van der Waals surface area contributed by atoms with Crippen molar-refractivity contribution in [1.82, 2.24) is 10.6 Å². The first-order valence-corrected chi connectivity index (χ1v) is 6.39. The lowest BCUT2D eigenvalue weighted by molar-refractivity contribution is -0.121. The standard InChI is InChI=1S/C14H21N3O2/c1-11(18)17-13-5-3-12(4-6-13)7-10-16-14(19)8-9-15-2/h3-6,15H,7-10H2,1-2H3,(H,16,19)(H,17,18). The predicted octanol–water partition coefficient (Wildman–Crippen LogP) is 0.913. The van der Waals surface area contributed by atoms with Crippen LogP contribution in [0.1, 0.15) is 18.9 Å². The number of amides is 2. The van der Waals surface area contributed by atoms with Crippen LogP contribution in [-0.2, 0) is 16.0 Å². The van der Waals surface area contributed by atoms with Gasteiger partial charge in [0.1, 0.15) is 0 Å². The first-order chi connectivity index (χ1) is 9.11. The van der Waals surface area contributed by atoms with Gasteiger partial charge >= 0.3 is 0 Å². The Bertz CT molecular complexity index is 415. The van der Waals surface area contributed by atoms with E-state index in [1.54, 1.807) is 0 Å². The second-order valence-corrected chi connectivity index (χ2v) is 4.33. The summed E-state index contributed by atoms with van der Waals surface area (Å²) in [6.45, 7) is 2.80. The molecular formula is C14H21N3O2. The largest absolute Gasteiger partial charge is 0.356 e. The van der Waals surface area contributed by atoms with Crippen molar-refractivity contribution in [2.45, 2.75) is 19.8 Å². The van der Waals surface area contributed by atoms with E-state index in [1.807, 2.05) is 31.3 Å².